The van der Waals surface area contributed by atoms with E-state index in [4.69, 9.17) is 0 Å². The molecule has 0 aliphatic carbocycles. The number of rotatable bonds is 18. The summed E-state index contributed by atoms with van der Waals surface area (Å²) in [6.45, 7) is 5.57. The van der Waals surface area contributed by atoms with Gasteiger partial charge in [-0.25, -0.2) is 0 Å². The van der Waals surface area contributed by atoms with E-state index in [1.54, 1.807) is 0 Å². The molecular formula is C21H38NNaO3. The van der Waals surface area contributed by atoms with E-state index < -0.39 is 17.9 Å². The fourth-order valence-electron chi connectivity index (χ4n) is 3.02. The Balaban J connectivity index is 0. The van der Waals surface area contributed by atoms with Gasteiger partial charge in [-0.1, -0.05) is 103 Å². The Morgan fingerprint density at radius 3 is 1.58 bits per heavy atom. The number of hydrogen-bond acceptors (Lipinski definition) is 3. The molecule has 0 spiro atoms. The van der Waals surface area contributed by atoms with Crippen molar-refractivity contribution in [2.24, 2.45) is 0 Å². The van der Waals surface area contributed by atoms with Gasteiger partial charge in [-0.15, -0.1) is 0 Å². The number of carbonyl (C=O) groups excluding carboxylic acids is 2. The van der Waals surface area contributed by atoms with Crippen LogP contribution in [0.4, 0.5) is 0 Å². The third kappa shape index (κ3) is 18.5. The fraction of sp³-hybridized carbons (Fsp3) is 0.810. The molecule has 146 valence electrons. The smallest absolute Gasteiger partial charge is 0.548 e. The fourth-order valence-corrected chi connectivity index (χ4v) is 3.02. The second kappa shape index (κ2) is 21.0. The van der Waals surface area contributed by atoms with E-state index in [1.165, 1.54) is 70.6 Å². The molecule has 0 heterocycles. The van der Waals surface area contributed by atoms with Crippen molar-refractivity contribution in [1.29, 1.82) is 0 Å². The zero-order valence-electron chi connectivity index (χ0n) is 17.2. The zero-order valence-corrected chi connectivity index (χ0v) is 19.2. The van der Waals surface area contributed by atoms with Crippen molar-refractivity contribution < 1.29 is 44.3 Å². The van der Waals surface area contributed by atoms with Crippen LogP contribution in [0.5, 0.6) is 0 Å². The summed E-state index contributed by atoms with van der Waals surface area (Å²) < 4.78 is 0. The molecule has 0 bridgehead atoms. The maximum atomic E-state index is 11.2. The van der Waals surface area contributed by atoms with Gasteiger partial charge in [0.05, 0.1) is 12.0 Å². The number of aliphatic carboxylic acids is 1. The SMILES string of the molecule is C=CC(=O)NC(CCCCCCCCCCCCCCCC)C(=O)[O-].[Na+]. The molecule has 0 radical (unpaired) electrons. The molecule has 1 unspecified atom stereocenters. The van der Waals surface area contributed by atoms with Crippen LogP contribution in [-0.2, 0) is 9.59 Å². The molecule has 1 N–H and O–H groups in total. The molecular weight excluding hydrogens is 337 g/mol. The molecule has 0 saturated heterocycles. The number of carboxylic acid groups (broad SMARTS) is 1. The standard InChI is InChI=1S/C21H39NO3.Na/c1-3-5-6-7-8-9-10-11-12-13-14-15-16-17-18-19(21(24)25)22-20(23)4-2;/h4,19H,2-3,5-18H2,1H3,(H,22,23)(H,24,25);/q;+1/p-1. The zero-order chi connectivity index (χ0) is 18.8. The first-order valence-corrected chi connectivity index (χ1v) is 10.3. The van der Waals surface area contributed by atoms with Crippen LogP contribution in [0, 0.1) is 0 Å². The molecule has 4 nitrogen and oxygen atoms in total. The van der Waals surface area contributed by atoms with E-state index >= 15 is 0 Å². The van der Waals surface area contributed by atoms with Crippen molar-refractivity contribution in [3.63, 3.8) is 0 Å². The van der Waals surface area contributed by atoms with Crippen LogP contribution >= 0.6 is 0 Å². The average molecular weight is 376 g/mol. The molecule has 0 fully saturated rings. The molecule has 5 heteroatoms. The topological polar surface area (TPSA) is 69.2 Å². The van der Waals surface area contributed by atoms with Gasteiger partial charge in [-0.3, -0.25) is 4.79 Å². The van der Waals surface area contributed by atoms with Crippen LogP contribution in [0.2, 0.25) is 0 Å². The molecule has 26 heavy (non-hydrogen) atoms. The van der Waals surface area contributed by atoms with E-state index in [0.29, 0.717) is 6.42 Å². The summed E-state index contributed by atoms with van der Waals surface area (Å²) in [7, 11) is 0. The summed E-state index contributed by atoms with van der Waals surface area (Å²) in [5.74, 6) is -1.68. The van der Waals surface area contributed by atoms with Crippen LogP contribution in [0.15, 0.2) is 12.7 Å². The second-order valence-electron chi connectivity index (χ2n) is 6.97. The summed E-state index contributed by atoms with van der Waals surface area (Å²) in [4.78, 5) is 22.1. The van der Waals surface area contributed by atoms with Gasteiger partial charge >= 0.3 is 29.6 Å². The largest absolute Gasteiger partial charge is 1.00 e. The second-order valence-corrected chi connectivity index (χ2v) is 6.97. The molecule has 1 atom stereocenters. The van der Waals surface area contributed by atoms with Gasteiger partial charge in [0.25, 0.3) is 0 Å². The van der Waals surface area contributed by atoms with E-state index in [0.717, 1.165) is 25.3 Å². The van der Waals surface area contributed by atoms with Crippen LogP contribution in [-0.4, -0.2) is 17.9 Å². The first kappa shape index (κ1) is 27.9. The molecule has 0 aromatic rings. The van der Waals surface area contributed by atoms with Crippen molar-refractivity contribution in [2.45, 2.75) is 109 Å². The Kier molecular flexibility index (Phi) is 22.5. The summed E-state index contributed by atoms with van der Waals surface area (Å²) in [6, 6.07) is -0.900. The van der Waals surface area contributed by atoms with Crippen molar-refractivity contribution in [2.75, 3.05) is 0 Å². The molecule has 0 aromatic heterocycles. The molecule has 0 aliphatic heterocycles. The Morgan fingerprint density at radius 2 is 1.23 bits per heavy atom. The quantitative estimate of drug-likeness (QED) is 0.223. The monoisotopic (exact) mass is 375 g/mol. The van der Waals surface area contributed by atoms with Gasteiger partial charge in [0, 0.05) is 0 Å². The third-order valence-electron chi connectivity index (χ3n) is 4.63. The Labute approximate surface area is 182 Å². The van der Waals surface area contributed by atoms with E-state index in [1.807, 2.05) is 0 Å². The maximum Gasteiger partial charge on any atom is 1.00 e. The minimum absolute atomic E-state index is 0. The number of carbonyl (C=O) groups is 2. The van der Waals surface area contributed by atoms with Crippen LogP contribution in [0.3, 0.4) is 0 Å². The number of nitrogens with one attached hydrogen (secondary N) is 1. The Bertz CT molecular complexity index is 361. The number of carboxylic acids is 1. The minimum atomic E-state index is -1.22. The van der Waals surface area contributed by atoms with E-state index in [9.17, 15) is 14.7 Å². The van der Waals surface area contributed by atoms with Gasteiger partial charge < -0.3 is 15.2 Å². The predicted molar refractivity (Wildman–Crippen MR) is 102 cm³/mol. The van der Waals surface area contributed by atoms with Gasteiger partial charge in [-0.2, -0.15) is 0 Å². The van der Waals surface area contributed by atoms with Crippen molar-refractivity contribution >= 4 is 11.9 Å². The first-order valence-electron chi connectivity index (χ1n) is 10.3. The Morgan fingerprint density at radius 1 is 0.846 bits per heavy atom. The molecule has 0 aromatic carbocycles. The summed E-state index contributed by atoms with van der Waals surface area (Å²) >= 11 is 0. The number of hydrogen-bond donors (Lipinski definition) is 1. The predicted octanol–water partition coefficient (Wildman–Crippen LogP) is 1.28. The third-order valence-corrected chi connectivity index (χ3v) is 4.63. The molecule has 1 amide bonds. The normalized spacial score (nSPS) is 11.4. The van der Waals surface area contributed by atoms with E-state index in [2.05, 4.69) is 18.8 Å². The summed E-state index contributed by atoms with van der Waals surface area (Å²) in [5, 5.41) is 13.3. The van der Waals surface area contributed by atoms with Gasteiger partial charge in [0.1, 0.15) is 0 Å². The molecule has 0 saturated carbocycles. The van der Waals surface area contributed by atoms with Gasteiger partial charge in [-0.05, 0) is 12.5 Å². The maximum absolute atomic E-state index is 11.2. The number of unbranched alkanes of at least 4 members (excludes halogenated alkanes) is 13. The molecule has 0 rings (SSSR count). The van der Waals surface area contributed by atoms with Gasteiger partial charge in [0.15, 0.2) is 0 Å². The van der Waals surface area contributed by atoms with Crippen LogP contribution in [0.25, 0.3) is 0 Å². The molecule has 0 aliphatic rings. The Hall–Kier alpha value is -0.320. The van der Waals surface area contributed by atoms with Crippen LogP contribution in [0.1, 0.15) is 103 Å². The van der Waals surface area contributed by atoms with Crippen molar-refractivity contribution in [1.82, 2.24) is 5.32 Å². The summed E-state index contributed by atoms with van der Waals surface area (Å²) in [5.41, 5.74) is 0. The average Bonchev–Trinajstić information content (AvgIpc) is 2.60. The van der Waals surface area contributed by atoms with Gasteiger partial charge in [0.2, 0.25) is 5.91 Å². The summed E-state index contributed by atoms with van der Waals surface area (Å²) in [6.07, 6.45) is 19.2. The first-order chi connectivity index (χ1) is 12.1. The van der Waals surface area contributed by atoms with Crippen molar-refractivity contribution in [3.8, 4) is 0 Å². The number of amides is 1. The van der Waals surface area contributed by atoms with Crippen LogP contribution < -0.4 is 40.0 Å². The minimum Gasteiger partial charge on any atom is -0.548 e. The van der Waals surface area contributed by atoms with E-state index in [-0.39, 0.29) is 29.6 Å². The van der Waals surface area contributed by atoms with Crippen molar-refractivity contribution in [3.05, 3.63) is 12.7 Å².